The number of aryl methyl sites for hydroxylation is 1. The number of carbonyl (C=O) groups is 1. The maximum absolute atomic E-state index is 13.4. The van der Waals surface area contributed by atoms with E-state index in [1.54, 1.807) is 17.0 Å². The summed E-state index contributed by atoms with van der Waals surface area (Å²) in [7, 11) is -4.02. The predicted octanol–water partition coefficient (Wildman–Crippen LogP) is 3.92. The molecule has 0 N–H and O–H groups in total. The van der Waals surface area contributed by atoms with E-state index in [2.05, 4.69) is 0 Å². The van der Waals surface area contributed by atoms with Crippen molar-refractivity contribution in [2.24, 2.45) is 0 Å². The lowest BCUT2D eigenvalue weighted by molar-refractivity contribution is -0.117. The molecule has 1 aliphatic heterocycles. The number of halogens is 1. The fraction of sp³-hybridized carbons (Fsp3) is 0.174. The van der Waals surface area contributed by atoms with E-state index in [1.165, 1.54) is 36.4 Å². The second-order valence-corrected chi connectivity index (χ2v) is 9.09. The molecule has 0 atom stereocenters. The summed E-state index contributed by atoms with van der Waals surface area (Å²) in [6, 6.07) is 19.1. The highest BCUT2D eigenvalue weighted by molar-refractivity contribution is 7.92. The Morgan fingerprint density at radius 2 is 1.67 bits per heavy atom. The number of rotatable bonds is 5. The zero-order chi connectivity index (χ0) is 21.3. The fourth-order valence-electron chi connectivity index (χ4n) is 3.57. The maximum Gasteiger partial charge on any atom is 0.264 e. The van der Waals surface area contributed by atoms with Crippen molar-refractivity contribution in [3.05, 3.63) is 89.7 Å². The van der Waals surface area contributed by atoms with Crippen molar-refractivity contribution in [1.29, 1.82) is 0 Å². The number of benzene rings is 3. The van der Waals surface area contributed by atoms with Gasteiger partial charge < -0.3 is 4.90 Å². The molecule has 0 unspecified atom stereocenters. The average Bonchev–Trinajstić information content (AvgIpc) is 3.17. The molecule has 1 aliphatic rings. The zero-order valence-electron chi connectivity index (χ0n) is 16.5. The fourth-order valence-corrected chi connectivity index (χ4v) is 4.98. The minimum atomic E-state index is -4.02. The van der Waals surface area contributed by atoms with Gasteiger partial charge in [0.2, 0.25) is 5.91 Å². The Balaban J connectivity index is 1.70. The third-order valence-corrected chi connectivity index (χ3v) is 6.98. The van der Waals surface area contributed by atoms with Crippen molar-refractivity contribution in [2.75, 3.05) is 22.3 Å². The van der Waals surface area contributed by atoms with Crippen LogP contribution in [-0.4, -0.2) is 27.4 Å². The lowest BCUT2D eigenvalue weighted by Gasteiger charge is -2.27. The molecule has 0 bridgehead atoms. The summed E-state index contributed by atoms with van der Waals surface area (Å²) < 4.78 is 41.3. The van der Waals surface area contributed by atoms with Gasteiger partial charge in [-0.05, 0) is 61.4 Å². The molecule has 5 nitrogen and oxygen atoms in total. The number of hydrogen-bond donors (Lipinski definition) is 0. The van der Waals surface area contributed by atoms with E-state index < -0.39 is 15.8 Å². The molecule has 0 aliphatic carbocycles. The van der Waals surface area contributed by atoms with Crippen molar-refractivity contribution in [3.63, 3.8) is 0 Å². The first-order valence-corrected chi connectivity index (χ1v) is 11.0. The van der Waals surface area contributed by atoms with E-state index in [1.807, 2.05) is 31.2 Å². The highest BCUT2D eigenvalue weighted by Crippen LogP contribution is 2.29. The average molecular weight is 424 g/mol. The Morgan fingerprint density at radius 1 is 1.00 bits per heavy atom. The van der Waals surface area contributed by atoms with Gasteiger partial charge in [-0.1, -0.05) is 35.9 Å². The van der Waals surface area contributed by atoms with Crippen LogP contribution in [0.3, 0.4) is 0 Å². The largest absolute Gasteiger partial charge is 0.310 e. The first-order chi connectivity index (χ1) is 14.4. The monoisotopic (exact) mass is 424 g/mol. The van der Waals surface area contributed by atoms with Gasteiger partial charge in [0.1, 0.15) is 12.4 Å². The Labute approximate surface area is 175 Å². The van der Waals surface area contributed by atoms with Gasteiger partial charge in [0.25, 0.3) is 10.0 Å². The number of amides is 1. The molecule has 0 radical (unpaired) electrons. The number of para-hydroxylation sites is 1. The van der Waals surface area contributed by atoms with E-state index >= 15 is 0 Å². The lowest BCUT2D eigenvalue weighted by atomic mass is 10.2. The summed E-state index contributed by atoms with van der Waals surface area (Å²) in [6.45, 7) is 1.98. The number of fused-ring (bicyclic) bond motifs is 1. The van der Waals surface area contributed by atoms with Crippen LogP contribution in [0.4, 0.5) is 15.8 Å². The van der Waals surface area contributed by atoms with Gasteiger partial charge in [0.15, 0.2) is 0 Å². The van der Waals surface area contributed by atoms with Crippen molar-refractivity contribution < 1.29 is 17.6 Å². The zero-order valence-corrected chi connectivity index (χ0v) is 17.3. The SMILES string of the molecule is Cc1ccc(S(=O)(=O)N(CC(=O)N2CCc3ccccc32)c2ccc(F)cc2)cc1. The van der Waals surface area contributed by atoms with Crippen LogP contribution >= 0.6 is 0 Å². The summed E-state index contributed by atoms with van der Waals surface area (Å²) in [5.41, 5.74) is 3.01. The Hall–Kier alpha value is -3.19. The molecule has 30 heavy (non-hydrogen) atoms. The van der Waals surface area contributed by atoms with Crippen LogP contribution in [0.5, 0.6) is 0 Å². The number of sulfonamides is 1. The molecular formula is C23H21FN2O3S. The van der Waals surface area contributed by atoms with Gasteiger partial charge >= 0.3 is 0 Å². The number of nitrogens with zero attached hydrogens (tertiary/aromatic N) is 2. The van der Waals surface area contributed by atoms with Crippen LogP contribution in [0.1, 0.15) is 11.1 Å². The molecule has 0 spiro atoms. The van der Waals surface area contributed by atoms with Crippen LogP contribution in [0, 0.1) is 12.7 Å². The molecular weight excluding hydrogens is 403 g/mol. The molecule has 3 aromatic rings. The highest BCUT2D eigenvalue weighted by Gasteiger charge is 2.31. The summed E-state index contributed by atoms with van der Waals surface area (Å²) in [4.78, 5) is 14.8. The molecule has 0 saturated heterocycles. The number of hydrogen-bond acceptors (Lipinski definition) is 3. The second-order valence-electron chi connectivity index (χ2n) is 7.23. The number of carbonyl (C=O) groups excluding carboxylic acids is 1. The van der Waals surface area contributed by atoms with Gasteiger partial charge in [0, 0.05) is 12.2 Å². The molecule has 0 aromatic heterocycles. The Kier molecular flexibility index (Phi) is 5.30. The van der Waals surface area contributed by atoms with E-state index in [0.717, 1.165) is 27.5 Å². The Morgan fingerprint density at radius 3 is 2.37 bits per heavy atom. The van der Waals surface area contributed by atoms with Gasteiger partial charge in [-0.2, -0.15) is 0 Å². The molecule has 0 fully saturated rings. The van der Waals surface area contributed by atoms with Crippen molar-refractivity contribution in [2.45, 2.75) is 18.2 Å². The lowest BCUT2D eigenvalue weighted by Crippen LogP contribution is -2.42. The number of anilines is 2. The molecule has 7 heteroatoms. The topological polar surface area (TPSA) is 57.7 Å². The minimum Gasteiger partial charge on any atom is -0.310 e. The van der Waals surface area contributed by atoms with Crippen LogP contribution in [-0.2, 0) is 21.2 Å². The molecule has 0 saturated carbocycles. The second kappa shape index (κ2) is 7.91. The summed E-state index contributed by atoms with van der Waals surface area (Å²) in [5.74, 6) is -0.814. The Bertz CT molecular complexity index is 1180. The normalized spacial score (nSPS) is 13.2. The van der Waals surface area contributed by atoms with Gasteiger partial charge in [-0.25, -0.2) is 12.8 Å². The van der Waals surface area contributed by atoms with Crippen molar-refractivity contribution in [3.8, 4) is 0 Å². The molecule has 4 rings (SSSR count). The minimum absolute atomic E-state index is 0.0760. The van der Waals surface area contributed by atoms with Gasteiger partial charge in [-0.3, -0.25) is 9.10 Å². The smallest absolute Gasteiger partial charge is 0.264 e. The van der Waals surface area contributed by atoms with E-state index in [-0.39, 0.29) is 23.0 Å². The molecule has 154 valence electrons. The van der Waals surface area contributed by atoms with Crippen LogP contribution in [0.2, 0.25) is 0 Å². The predicted molar refractivity (Wildman–Crippen MR) is 115 cm³/mol. The van der Waals surface area contributed by atoms with Gasteiger partial charge in [-0.15, -0.1) is 0 Å². The highest BCUT2D eigenvalue weighted by atomic mass is 32.2. The first kappa shape index (κ1) is 20.1. The summed E-state index contributed by atoms with van der Waals surface area (Å²) in [6.07, 6.45) is 0.725. The molecule has 1 heterocycles. The van der Waals surface area contributed by atoms with Gasteiger partial charge in [0.05, 0.1) is 10.6 Å². The van der Waals surface area contributed by atoms with Crippen molar-refractivity contribution >= 4 is 27.3 Å². The molecule has 3 aromatic carbocycles. The summed E-state index contributed by atoms with van der Waals surface area (Å²) in [5, 5.41) is 0. The van der Waals surface area contributed by atoms with Crippen LogP contribution in [0.15, 0.2) is 77.7 Å². The first-order valence-electron chi connectivity index (χ1n) is 9.59. The molecule has 1 amide bonds. The third-order valence-electron chi connectivity index (χ3n) is 5.19. The quantitative estimate of drug-likeness (QED) is 0.624. The summed E-state index contributed by atoms with van der Waals surface area (Å²) >= 11 is 0. The third kappa shape index (κ3) is 3.80. The van der Waals surface area contributed by atoms with Crippen LogP contribution in [0.25, 0.3) is 0 Å². The standard InChI is InChI=1S/C23H21FN2O3S/c1-17-6-12-21(13-7-17)30(28,29)26(20-10-8-19(24)9-11-20)16-23(27)25-15-14-18-4-2-3-5-22(18)25/h2-13H,14-16H2,1H3. The van der Waals surface area contributed by atoms with Crippen molar-refractivity contribution in [1.82, 2.24) is 0 Å². The van der Waals surface area contributed by atoms with E-state index in [4.69, 9.17) is 0 Å². The van der Waals surface area contributed by atoms with Crippen LogP contribution < -0.4 is 9.21 Å². The van der Waals surface area contributed by atoms with E-state index in [9.17, 15) is 17.6 Å². The van der Waals surface area contributed by atoms with E-state index in [0.29, 0.717) is 6.54 Å². The maximum atomic E-state index is 13.4.